The van der Waals surface area contributed by atoms with Crippen LogP contribution in [-0.4, -0.2) is 54.3 Å². The average molecular weight is 288 g/mol. The van der Waals surface area contributed by atoms with Gasteiger partial charge in [-0.2, -0.15) is 5.26 Å². The van der Waals surface area contributed by atoms with Gasteiger partial charge in [0.25, 0.3) is 0 Å². The molecule has 0 amide bonds. The molecule has 5 nitrogen and oxygen atoms in total. The fraction of sp³-hybridized carbons (Fsp3) is 0.625. The Morgan fingerprint density at radius 3 is 2.86 bits per heavy atom. The molecule has 0 spiro atoms. The van der Waals surface area contributed by atoms with Gasteiger partial charge in [0.2, 0.25) is 0 Å². The highest BCUT2D eigenvalue weighted by atomic mass is 16.3. The van der Waals surface area contributed by atoms with E-state index in [-0.39, 0.29) is 6.10 Å². The summed E-state index contributed by atoms with van der Waals surface area (Å²) in [6.07, 6.45) is 3.74. The summed E-state index contributed by atoms with van der Waals surface area (Å²) < 4.78 is 0. The van der Waals surface area contributed by atoms with Gasteiger partial charge in [-0.05, 0) is 50.9 Å². The molecule has 0 aliphatic carbocycles. The Morgan fingerprint density at radius 2 is 2.24 bits per heavy atom. The molecule has 1 aliphatic rings. The summed E-state index contributed by atoms with van der Waals surface area (Å²) in [6, 6.07) is 5.81. The second kappa shape index (κ2) is 7.39. The van der Waals surface area contributed by atoms with Gasteiger partial charge in [-0.15, -0.1) is 0 Å². The third-order valence-electron chi connectivity index (χ3n) is 4.03. The van der Waals surface area contributed by atoms with E-state index in [1.165, 1.54) is 0 Å². The minimum Gasteiger partial charge on any atom is -0.392 e. The first-order valence-corrected chi connectivity index (χ1v) is 7.57. The molecule has 0 aromatic carbocycles. The third kappa shape index (κ3) is 4.42. The lowest BCUT2D eigenvalue weighted by Crippen LogP contribution is -2.40. The number of nitriles is 1. The number of rotatable bonds is 5. The van der Waals surface area contributed by atoms with Gasteiger partial charge in [0.1, 0.15) is 11.9 Å². The molecular weight excluding hydrogens is 264 g/mol. The van der Waals surface area contributed by atoms with Gasteiger partial charge >= 0.3 is 0 Å². The topological polar surface area (TPSA) is 63.4 Å². The van der Waals surface area contributed by atoms with Crippen LogP contribution in [0.3, 0.4) is 0 Å². The molecule has 114 valence electrons. The van der Waals surface area contributed by atoms with E-state index in [4.69, 9.17) is 5.26 Å². The fourth-order valence-electron chi connectivity index (χ4n) is 2.99. The SMILES string of the molecule is CC(O)CN1CCC(CN(C)c2ncccc2C#N)CC1. The van der Waals surface area contributed by atoms with Crippen LogP contribution in [0.4, 0.5) is 5.82 Å². The van der Waals surface area contributed by atoms with Crippen LogP contribution in [0.1, 0.15) is 25.3 Å². The molecule has 1 N–H and O–H groups in total. The Kier molecular flexibility index (Phi) is 5.54. The predicted molar refractivity (Wildman–Crippen MR) is 83.1 cm³/mol. The quantitative estimate of drug-likeness (QED) is 0.889. The van der Waals surface area contributed by atoms with E-state index >= 15 is 0 Å². The first-order chi connectivity index (χ1) is 10.1. The van der Waals surface area contributed by atoms with Crippen LogP contribution in [0.15, 0.2) is 18.3 Å². The fourth-order valence-corrected chi connectivity index (χ4v) is 2.99. The van der Waals surface area contributed by atoms with E-state index in [0.29, 0.717) is 11.5 Å². The van der Waals surface area contributed by atoms with Crippen molar-refractivity contribution in [2.24, 2.45) is 5.92 Å². The summed E-state index contributed by atoms with van der Waals surface area (Å²) in [4.78, 5) is 8.74. The molecule has 5 heteroatoms. The molecule has 1 atom stereocenters. The number of hydrogen-bond donors (Lipinski definition) is 1. The summed E-state index contributed by atoms with van der Waals surface area (Å²) in [5.74, 6) is 1.39. The zero-order valence-corrected chi connectivity index (χ0v) is 12.9. The molecule has 21 heavy (non-hydrogen) atoms. The highest BCUT2D eigenvalue weighted by molar-refractivity contribution is 5.52. The summed E-state index contributed by atoms with van der Waals surface area (Å²) in [7, 11) is 2.01. The lowest BCUT2D eigenvalue weighted by molar-refractivity contribution is 0.101. The number of anilines is 1. The van der Waals surface area contributed by atoms with Gasteiger partial charge in [-0.1, -0.05) is 0 Å². The third-order valence-corrected chi connectivity index (χ3v) is 4.03. The summed E-state index contributed by atoms with van der Waals surface area (Å²) in [5, 5.41) is 18.6. The minimum atomic E-state index is -0.254. The Balaban J connectivity index is 1.87. The van der Waals surface area contributed by atoms with Crippen LogP contribution < -0.4 is 4.90 Å². The summed E-state index contributed by atoms with van der Waals surface area (Å²) in [5.41, 5.74) is 0.631. The molecule has 0 bridgehead atoms. The Hall–Kier alpha value is -1.64. The van der Waals surface area contributed by atoms with Crippen LogP contribution in [0.5, 0.6) is 0 Å². The molecule has 1 aromatic heterocycles. The number of aromatic nitrogens is 1. The average Bonchev–Trinajstić information content (AvgIpc) is 2.48. The smallest absolute Gasteiger partial charge is 0.146 e. The first-order valence-electron chi connectivity index (χ1n) is 7.57. The van der Waals surface area contributed by atoms with Crippen molar-refractivity contribution in [1.82, 2.24) is 9.88 Å². The number of β-amino-alcohol motifs (C(OH)–C–C–N with tert-alkyl or cyclic N) is 1. The number of aliphatic hydroxyl groups excluding tert-OH is 1. The van der Waals surface area contributed by atoms with E-state index < -0.39 is 0 Å². The molecule has 0 radical (unpaired) electrons. The van der Waals surface area contributed by atoms with E-state index in [0.717, 1.165) is 44.8 Å². The number of aliphatic hydroxyl groups is 1. The van der Waals surface area contributed by atoms with Crippen molar-refractivity contribution in [3.8, 4) is 6.07 Å². The molecule has 0 saturated carbocycles. The monoisotopic (exact) mass is 288 g/mol. The Labute approximate surface area is 126 Å². The van der Waals surface area contributed by atoms with Crippen molar-refractivity contribution in [2.75, 3.05) is 38.1 Å². The number of hydrogen-bond acceptors (Lipinski definition) is 5. The van der Waals surface area contributed by atoms with Crippen LogP contribution >= 0.6 is 0 Å². The molecule has 1 saturated heterocycles. The Morgan fingerprint density at radius 1 is 1.52 bits per heavy atom. The predicted octanol–water partition coefficient (Wildman–Crippen LogP) is 1.48. The highest BCUT2D eigenvalue weighted by Crippen LogP contribution is 2.22. The Bertz CT molecular complexity index is 489. The summed E-state index contributed by atoms with van der Waals surface area (Å²) in [6.45, 7) is 5.60. The number of piperidine rings is 1. The maximum Gasteiger partial charge on any atom is 0.146 e. The number of nitrogens with zero attached hydrogens (tertiary/aromatic N) is 4. The van der Waals surface area contributed by atoms with Crippen molar-refractivity contribution in [1.29, 1.82) is 5.26 Å². The van der Waals surface area contributed by atoms with E-state index in [1.54, 1.807) is 12.3 Å². The van der Waals surface area contributed by atoms with Gasteiger partial charge in [-0.25, -0.2) is 4.98 Å². The van der Waals surface area contributed by atoms with E-state index in [9.17, 15) is 5.11 Å². The standard InChI is InChI=1S/C16H24N4O/c1-13(21)11-20-8-5-14(6-9-20)12-19(2)16-15(10-17)4-3-7-18-16/h3-4,7,13-14,21H,5-6,8-9,11-12H2,1-2H3. The zero-order chi connectivity index (χ0) is 15.2. The molecule has 2 heterocycles. The van der Waals surface area contributed by atoms with Gasteiger partial charge in [0.15, 0.2) is 0 Å². The molecule has 1 fully saturated rings. The second-order valence-corrected chi connectivity index (χ2v) is 5.96. The molecule has 1 aromatic rings. The highest BCUT2D eigenvalue weighted by Gasteiger charge is 2.22. The normalized spacial score (nSPS) is 18.2. The second-order valence-electron chi connectivity index (χ2n) is 5.96. The van der Waals surface area contributed by atoms with Crippen molar-refractivity contribution >= 4 is 5.82 Å². The maximum atomic E-state index is 9.43. The molecule has 1 aliphatic heterocycles. The number of likely N-dealkylation sites (tertiary alicyclic amines) is 1. The van der Waals surface area contributed by atoms with Gasteiger partial charge in [0, 0.05) is 26.3 Å². The van der Waals surface area contributed by atoms with Crippen molar-refractivity contribution in [3.63, 3.8) is 0 Å². The minimum absolute atomic E-state index is 0.254. The zero-order valence-electron chi connectivity index (χ0n) is 12.9. The van der Waals surface area contributed by atoms with Gasteiger partial charge in [-0.3, -0.25) is 0 Å². The van der Waals surface area contributed by atoms with Crippen molar-refractivity contribution < 1.29 is 5.11 Å². The van der Waals surface area contributed by atoms with Gasteiger partial charge in [0.05, 0.1) is 11.7 Å². The molecule has 2 rings (SSSR count). The van der Waals surface area contributed by atoms with E-state index in [2.05, 4.69) is 20.9 Å². The number of pyridine rings is 1. The van der Waals surface area contributed by atoms with E-state index in [1.807, 2.05) is 20.0 Å². The first kappa shape index (κ1) is 15.7. The molecular formula is C16H24N4O. The van der Waals surface area contributed by atoms with Crippen LogP contribution in [0.25, 0.3) is 0 Å². The van der Waals surface area contributed by atoms with Gasteiger partial charge < -0.3 is 14.9 Å². The van der Waals surface area contributed by atoms with Crippen LogP contribution in [-0.2, 0) is 0 Å². The lowest BCUT2D eigenvalue weighted by atomic mass is 9.96. The summed E-state index contributed by atoms with van der Waals surface area (Å²) >= 11 is 0. The lowest BCUT2D eigenvalue weighted by Gasteiger charge is -2.34. The van der Waals surface area contributed by atoms with Crippen molar-refractivity contribution in [2.45, 2.75) is 25.9 Å². The largest absolute Gasteiger partial charge is 0.392 e. The van der Waals surface area contributed by atoms with Crippen LogP contribution in [0, 0.1) is 17.2 Å². The maximum absolute atomic E-state index is 9.43. The molecule has 1 unspecified atom stereocenters. The van der Waals surface area contributed by atoms with Crippen molar-refractivity contribution in [3.05, 3.63) is 23.9 Å². The van der Waals surface area contributed by atoms with Crippen LogP contribution in [0.2, 0.25) is 0 Å².